The van der Waals surface area contributed by atoms with E-state index in [4.69, 9.17) is 4.74 Å². The van der Waals surface area contributed by atoms with E-state index in [9.17, 15) is 4.79 Å². The van der Waals surface area contributed by atoms with Crippen LogP contribution in [-0.2, 0) is 4.74 Å². The molecule has 1 heterocycles. The fourth-order valence-electron chi connectivity index (χ4n) is 2.97. The molecule has 1 saturated heterocycles. The number of benzene rings is 1. The summed E-state index contributed by atoms with van der Waals surface area (Å²) in [6, 6.07) is 8.10. The molecule has 3 nitrogen and oxygen atoms in total. The fourth-order valence-corrected chi connectivity index (χ4v) is 3.59. The van der Waals surface area contributed by atoms with Crippen LogP contribution in [0.25, 0.3) is 0 Å². The Bertz CT molecular complexity index is 463. The van der Waals surface area contributed by atoms with E-state index < -0.39 is 0 Å². The maximum absolute atomic E-state index is 12.6. The molecule has 18 heavy (non-hydrogen) atoms. The molecule has 0 radical (unpaired) electrons. The van der Waals surface area contributed by atoms with Crippen molar-refractivity contribution in [3.8, 4) is 0 Å². The Labute approximate surface area is 121 Å². The van der Waals surface area contributed by atoms with Gasteiger partial charge in [0.15, 0.2) is 0 Å². The molecule has 1 aliphatic carbocycles. The molecule has 0 bridgehead atoms. The molecule has 0 aromatic heterocycles. The molecule has 2 fully saturated rings. The van der Waals surface area contributed by atoms with Crippen molar-refractivity contribution in [1.82, 2.24) is 4.90 Å². The molecule has 4 heteroatoms. The van der Waals surface area contributed by atoms with Crippen molar-refractivity contribution >= 4 is 28.5 Å². The Morgan fingerprint density at radius 2 is 2.17 bits per heavy atom. The third kappa shape index (κ3) is 2.16. The third-order valence-corrected chi connectivity index (χ3v) is 4.79. The van der Waals surface area contributed by atoms with Crippen molar-refractivity contribution in [1.29, 1.82) is 0 Å². The minimum Gasteiger partial charge on any atom is -0.374 e. The summed E-state index contributed by atoms with van der Waals surface area (Å²) in [7, 11) is 0. The average molecular weight is 357 g/mol. The van der Waals surface area contributed by atoms with Crippen molar-refractivity contribution in [2.45, 2.75) is 31.4 Å². The summed E-state index contributed by atoms with van der Waals surface area (Å²) >= 11 is 2.23. The highest BCUT2D eigenvalue weighted by Crippen LogP contribution is 2.31. The van der Waals surface area contributed by atoms with Crippen LogP contribution in [0.15, 0.2) is 24.3 Å². The molecular weight excluding hydrogens is 341 g/mol. The van der Waals surface area contributed by atoms with Gasteiger partial charge in [-0.1, -0.05) is 12.1 Å². The van der Waals surface area contributed by atoms with Crippen molar-refractivity contribution in [3.63, 3.8) is 0 Å². The van der Waals surface area contributed by atoms with Crippen molar-refractivity contribution in [3.05, 3.63) is 33.4 Å². The second-order valence-electron chi connectivity index (χ2n) is 4.89. The SMILES string of the molecule is O=C(c1ccccc1I)N1CCOC2CCCC21. The first-order valence-electron chi connectivity index (χ1n) is 6.44. The van der Waals surface area contributed by atoms with Crippen LogP contribution < -0.4 is 0 Å². The van der Waals surface area contributed by atoms with E-state index in [1.165, 1.54) is 6.42 Å². The number of morpholine rings is 1. The molecule has 2 unspecified atom stereocenters. The summed E-state index contributed by atoms with van der Waals surface area (Å²) in [5.74, 6) is 0.167. The van der Waals surface area contributed by atoms with Gasteiger partial charge in [0.2, 0.25) is 0 Å². The van der Waals surface area contributed by atoms with E-state index in [1.54, 1.807) is 0 Å². The number of carbonyl (C=O) groups is 1. The van der Waals surface area contributed by atoms with Crippen molar-refractivity contribution in [2.75, 3.05) is 13.2 Å². The third-order valence-electron chi connectivity index (χ3n) is 3.85. The number of rotatable bonds is 1. The molecule has 0 N–H and O–H groups in total. The zero-order valence-corrected chi connectivity index (χ0v) is 12.3. The van der Waals surface area contributed by atoms with E-state index in [0.717, 1.165) is 28.5 Å². The molecule has 1 aromatic rings. The molecule has 1 aliphatic heterocycles. The molecule has 3 rings (SSSR count). The highest BCUT2D eigenvalue weighted by atomic mass is 127. The Kier molecular flexibility index (Phi) is 3.56. The predicted molar refractivity (Wildman–Crippen MR) is 77.6 cm³/mol. The molecule has 2 aliphatic rings. The highest BCUT2D eigenvalue weighted by molar-refractivity contribution is 14.1. The number of hydrogen-bond donors (Lipinski definition) is 0. The van der Waals surface area contributed by atoms with Gasteiger partial charge in [0, 0.05) is 10.1 Å². The van der Waals surface area contributed by atoms with Crippen LogP contribution >= 0.6 is 22.6 Å². The second-order valence-corrected chi connectivity index (χ2v) is 6.05. The van der Waals surface area contributed by atoms with E-state index in [0.29, 0.717) is 12.6 Å². The minimum absolute atomic E-state index is 0.167. The number of nitrogens with zero attached hydrogens (tertiary/aromatic N) is 1. The number of fused-ring (bicyclic) bond motifs is 1. The van der Waals surface area contributed by atoms with Gasteiger partial charge in [-0.05, 0) is 54.0 Å². The first-order chi connectivity index (χ1) is 8.77. The standard InChI is InChI=1S/C14H16INO2/c15-11-5-2-1-4-10(11)14(17)16-8-9-18-13-7-3-6-12(13)16/h1-2,4-5,12-13H,3,6-9H2. The van der Waals surface area contributed by atoms with Crippen LogP contribution in [0.1, 0.15) is 29.6 Å². The van der Waals surface area contributed by atoms with Gasteiger partial charge in [0.05, 0.1) is 24.3 Å². The monoisotopic (exact) mass is 357 g/mol. The molecule has 96 valence electrons. The van der Waals surface area contributed by atoms with Crippen LogP contribution in [0.3, 0.4) is 0 Å². The molecule has 0 spiro atoms. The summed E-state index contributed by atoms with van der Waals surface area (Å²) in [6.45, 7) is 1.40. The van der Waals surface area contributed by atoms with Crippen LogP contribution in [0.4, 0.5) is 0 Å². The van der Waals surface area contributed by atoms with E-state index >= 15 is 0 Å². The normalized spacial score (nSPS) is 27.1. The second kappa shape index (κ2) is 5.17. The number of amides is 1. The van der Waals surface area contributed by atoms with Crippen LogP contribution in [0.2, 0.25) is 0 Å². The fraction of sp³-hybridized carbons (Fsp3) is 0.500. The quantitative estimate of drug-likeness (QED) is 0.724. The Hall–Kier alpha value is -0.620. The van der Waals surface area contributed by atoms with E-state index in [1.807, 2.05) is 29.2 Å². The number of hydrogen-bond acceptors (Lipinski definition) is 2. The van der Waals surface area contributed by atoms with Gasteiger partial charge in [-0.2, -0.15) is 0 Å². The van der Waals surface area contributed by atoms with Gasteiger partial charge in [-0.25, -0.2) is 0 Å². The van der Waals surface area contributed by atoms with Gasteiger partial charge in [0.1, 0.15) is 0 Å². The lowest BCUT2D eigenvalue weighted by molar-refractivity contribution is -0.0445. The smallest absolute Gasteiger partial charge is 0.255 e. The van der Waals surface area contributed by atoms with Crippen LogP contribution in [0, 0.1) is 3.57 Å². The first kappa shape index (κ1) is 12.4. The highest BCUT2D eigenvalue weighted by Gasteiger charge is 2.38. The maximum atomic E-state index is 12.6. The lowest BCUT2D eigenvalue weighted by Gasteiger charge is -2.37. The van der Waals surface area contributed by atoms with Gasteiger partial charge < -0.3 is 9.64 Å². The zero-order valence-electron chi connectivity index (χ0n) is 10.1. The van der Waals surface area contributed by atoms with E-state index in [2.05, 4.69) is 22.6 Å². The Balaban J connectivity index is 1.86. The molecule has 2 atom stereocenters. The van der Waals surface area contributed by atoms with Crippen LogP contribution in [0.5, 0.6) is 0 Å². The predicted octanol–water partition coefficient (Wildman–Crippen LogP) is 2.68. The molecular formula is C14H16INO2. The summed E-state index contributed by atoms with van der Waals surface area (Å²) in [5, 5.41) is 0. The summed E-state index contributed by atoms with van der Waals surface area (Å²) in [4.78, 5) is 14.7. The molecule has 1 saturated carbocycles. The maximum Gasteiger partial charge on any atom is 0.255 e. The summed E-state index contributed by atoms with van der Waals surface area (Å²) in [5.41, 5.74) is 0.825. The summed E-state index contributed by atoms with van der Waals surface area (Å²) < 4.78 is 6.78. The molecule has 1 aromatic carbocycles. The lowest BCUT2D eigenvalue weighted by Crippen LogP contribution is -2.51. The largest absolute Gasteiger partial charge is 0.374 e. The lowest BCUT2D eigenvalue weighted by atomic mass is 10.1. The van der Waals surface area contributed by atoms with Crippen LogP contribution in [-0.4, -0.2) is 36.1 Å². The number of halogens is 1. The average Bonchev–Trinajstić information content (AvgIpc) is 2.86. The van der Waals surface area contributed by atoms with Gasteiger partial charge in [0.25, 0.3) is 5.91 Å². The summed E-state index contributed by atoms with van der Waals surface area (Å²) in [6.07, 6.45) is 3.62. The molecule has 1 amide bonds. The minimum atomic E-state index is 0.167. The number of carbonyl (C=O) groups excluding carboxylic acids is 1. The van der Waals surface area contributed by atoms with Crippen molar-refractivity contribution < 1.29 is 9.53 Å². The zero-order chi connectivity index (χ0) is 12.5. The first-order valence-corrected chi connectivity index (χ1v) is 7.52. The van der Waals surface area contributed by atoms with Gasteiger partial charge >= 0.3 is 0 Å². The Morgan fingerprint density at radius 3 is 3.00 bits per heavy atom. The van der Waals surface area contributed by atoms with Gasteiger partial charge in [-0.15, -0.1) is 0 Å². The van der Waals surface area contributed by atoms with Crippen molar-refractivity contribution in [2.24, 2.45) is 0 Å². The Morgan fingerprint density at radius 1 is 1.33 bits per heavy atom. The van der Waals surface area contributed by atoms with E-state index in [-0.39, 0.29) is 12.0 Å². The topological polar surface area (TPSA) is 29.5 Å². The number of ether oxygens (including phenoxy) is 1. The van der Waals surface area contributed by atoms with Gasteiger partial charge in [-0.3, -0.25) is 4.79 Å².